The van der Waals surface area contributed by atoms with E-state index in [0.717, 1.165) is 0 Å². The first-order valence-electron chi connectivity index (χ1n) is 4.72. The molecule has 0 aromatic heterocycles. The quantitative estimate of drug-likeness (QED) is 0.589. The minimum Gasteiger partial charge on any atom is -0.300 e. The second-order valence-electron chi connectivity index (χ2n) is 4.15. The highest BCUT2D eigenvalue weighted by molar-refractivity contribution is 5.76. The van der Waals surface area contributed by atoms with Gasteiger partial charge in [0.1, 0.15) is 5.78 Å². The molecule has 1 rings (SSSR count). The summed E-state index contributed by atoms with van der Waals surface area (Å²) in [6, 6.07) is 0. The highest BCUT2D eigenvalue weighted by atomic mass is 16.1. The normalized spacial score (nSPS) is 20.8. The molecule has 12 heavy (non-hydrogen) atoms. The predicted octanol–water partition coefficient (Wildman–Crippen LogP) is 3.10. The molecule has 1 aliphatic rings. The van der Waals surface area contributed by atoms with Gasteiger partial charge in [-0.1, -0.05) is 25.0 Å². The SMILES string of the molecule is C=C(C)C1(CC(C)=O)CCCC1. The third-order valence-corrected chi connectivity index (χ3v) is 3.05. The second kappa shape index (κ2) is 3.42. The van der Waals surface area contributed by atoms with Gasteiger partial charge in [-0.05, 0) is 32.1 Å². The van der Waals surface area contributed by atoms with Crippen molar-refractivity contribution >= 4 is 5.78 Å². The molecule has 1 nitrogen and oxygen atoms in total. The largest absolute Gasteiger partial charge is 0.300 e. The van der Waals surface area contributed by atoms with Gasteiger partial charge in [-0.15, -0.1) is 0 Å². The van der Waals surface area contributed by atoms with E-state index in [2.05, 4.69) is 13.5 Å². The number of hydrogen-bond donors (Lipinski definition) is 0. The van der Waals surface area contributed by atoms with Gasteiger partial charge in [0, 0.05) is 6.42 Å². The standard InChI is InChI=1S/C11H18O/c1-9(2)11(8-10(3)12)6-4-5-7-11/h1,4-8H2,2-3H3. The van der Waals surface area contributed by atoms with Gasteiger partial charge in [-0.3, -0.25) is 4.79 Å². The van der Waals surface area contributed by atoms with Crippen LogP contribution in [-0.4, -0.2) is 5.78 Å². The molecule has 1 saturated carbocycles. The molecule has 0 spiro atoms. The van der Waals surface area contributed by atoms with Crippen molar-refractivity contribution < 1.29 is 4.79 Å². The smallest absolute Gasteiger partial charge is 0.130 e. The zero-order valence-corrected chi connectivity index (χ0v) is 8.15. The Bertz CT molecular complexity index is 197. The van der Waals surface area contributed by atoms with Crippen molar-refractivity contribution in [2.75, 3.05) is 0 Å². The van der Waals surface area contributed by atoms with Gasteiger partial charge in [0.05, 0.1) is 0 Å². The fourth-order valence-corrected chi connectivity index (χ4v) is 2.28. The van der Waals surface area contributed by atoms with Crippen LogP contribution < -0.4 is 0 Å². The molecule has 1 fully saturated rings. The molecular formula is C11H18O. The van der Waals surface area contributed by atoms with Gasteiger partial charge in [-0.25, -0.2) is 0 Å². The predicted molar refractivity (Wildman–Crippen MR) is 51.0 cm³/mol. The van der Waals surface area contributed by atoms with E-state index in [1.807, 2.05) is 0 Å². The average Bonchev–Trinajstić information content (AvgIpc) is 2.35. The van der Waals surface area contributed by atoms with Crippen LogP contribution in [-0.2, 0) is 4.79 Å². The summed E-state index contributed by atoms with van der Waals surface area (Å²) in [5, 5.41) is 0. The lowest BCUT2D eigenvalue weighted by Crippen LogP contribution is -2.20. The van der Waals surface area contributed by atoms with Crippen molar-refractivity contribution in [3.05, 3.63) is 12.2 Å². The van der Waals surface area contributed by atoms with Gasteiger partial charge < -0.3 is 0 Å². The number of carbonyl (C=O) groups is 1. The van der Waals surface area contributed by atoms with Crippen LogP contribution in [0.15, 0.2) is 12.2 Å². The minimum absolute atomic E-state index is 0.172. The Morgan fingerprint density at radius 3 is 2.17 bits per heavy atom. The summed E-state index contributed by atoms with van der Waals surface area (Å²) in [6.07, 6.45) is 5.58. The third kappa shape index (κ3) is 1.77. The lowest BCUT2D eigenvalue weighted by atomic mass is 9.76. The Hall–Kier alpha value is -0.590. The molecule has 0 atom stereocenters. The van der Waals surface area contributed by atoms with Crippen LogP contribution >= 0.6 is 0 Å². The van der Waals surface area contributed by atoms with Crippen molar-refractivity contribution in [3.63, 3.8) is 0 Å². The zero-order valence-electron chi connectivity index (χ0n) is 8.15. The van der Waals surface area contributed by atoms with Gasteiger partial charge in [0.25, 0.3) is 0 Å². The zero-order chi connectivity index (χ0) is 9.19. The van der Waals surface area contributed by atoms with Gasteiger partial charge in [0.2, 0.25) is 0 Å². The lowest BCUT2D eigenvalue weighted by molar-refractivity contribution is -0.118. The summed E-state index contributed by atoms with van der Waals surface area (Å²) in [5.74, 6) is 0.305. The maximum absolute atomic E-state index is 11.1. The first kappa shape index (κ1) is 9.50. The topological polar surface area (TPSA) is 17.1 Å². The first-order chi connectivity index (χ1) is 5.57. The van der Waals surface area contributed by atoms with Gasteiger partial charge >= 0.3 is 0 Å². The van der Waals surface area contributed by atoms with Crippen LogP contribution in [0.3, 0.4) is 0 Å². The van der Waals surface area contributed by atoms with E-state index in [4.69, 9.17) is 0 Å². The van der Waals surface area contributed by atoms with E-state index in [9.17, 15) is 4.79 Å². The molecule has 1 heteroatoms. The highest BCUT2D eigenvalue weighted by Gasteiger charge is 2.35. The summed E-state index contributed by atoms with van der Waals surface area (Å²) < 4.78 is 0. The minimum atomic E-state index is 0.172. The average molecular weight is 166 g/mol. The molecular weight excluding hydrogens is 148 g/mol. The summed E-state index contributed by atoms with van der Waals surface area (Å²) in [5.41, 5.74) is 1.38. The number of rotatable bonds is 3. The second-order valence-corrected chi connectivity index (χ2v) is 4.15. The molecule has 0 radical (unpaired) electrons. The molecule has 0 aromatic carbocycles. The molecule has 1 aliphatic carbocycles. The van der Waals surface area contributed by atoms with E-state index >= 15 is 0 Å². The van der Waals surface area contributed by atoms with Crippen LogP contribution in [0.25, 0.3) is 0 Å². The van der Waals surface area contributed by atoms with Crippen molar-refractivity contribution in [3.8, 4) is 0 Å². The van der Waals surface area contributed by atoms with Crippen molar-refractivity contribution in [1.82, 2.24) is 0 Å². The molecule has 0 N–H and O–H groups in total. The van der Waals surface area contributed by atoms with Crippen LogP contribution in [0, 0.1) is 5.41 Å². The molecule has 68 valence electrons. The van der Waals surface area contributed by atoms with E-state index < -0.39 is 0 Å². The van der Waals surface area contributed by atoms with E-state index in [-0.39, 0.29) is 5.41 Å². The van der Waals surface area contributed by atoms with E-state index in [1.165, 1.54) is 31.3 Å². The number of Topliss-reactive ketones (excluding diaryl/α,β-unsaturated/α-hetero) is 1. The molecule has 0 bridgehead atoms. The van der Waals surface area contributed by atoms with Crippen LogP contribution in [0.2, 0.25) is 0 Å². The number of carbonyl (C=O) groups excluding carboxylic acids is 1. The summed E-state index contributed by atoms with van der Waals surface area (Å²) in [6.45, 7) is 7.76. The van der Waals surface area contributed by atoms with Crippen molar-refractivity contribution in [1.29, 1.82) is 0 Å². The highest BCUT2D eigenvalue weighted by Crippen LogP contribution is 2.46. The number of hydrogen-bond acceptors (Lipinski definition) is 1. The Kier molecular flexibility index (Phi) is 2.71. The molecule has 0 aromatic rings. The third-order valence-electron chi connectivity index (χ3n) is 3.05. The molecule has 0 heterocycles. The van der Waals surface area contributed by atoms with Crippen molar-refractivity contribution in [2.24, 2.45) is 5.41 Å². The van der Waals surface area contributed by atoms with Crippen LogP contribution in [0.1, 0.15) is 46.0 Å². The van der Waals surface area contributed by atoms with E-state index in [1.54, 1.807) is 6.92 Å². The lowest BCUT2D eigenvalue weighted by Gasteiger charge is -2.28. The Morgan fingerprint density at radius 1 is 1.33 bits per heavy atom. The fraction of sp³-hybridized carbons (Fsp3) is 0.727. The monoisotopic (exact) mass is 166 g/mol. The molecule has 0 saturated heterocycles. The van der Waals surface area contributed by atoms with Crippen molar-refractivity contribution in [2.45, 2.75) is 46.0 Å². The van der Waals surface area contributed by atoms with Gasteiger partial charge in [-0.2, -0.15) is 0 Å². The van der Waals surface area contributed by atoms with E-state index in [0.29, 0.717) is 12.2 Å². The van der Waals surface area contributed by atoms with Crippen LogP contribution in [0.5, 0.6) is 0 Å². The molecule has 0 amide bonds. The van der Waals surface area contributed by atoms with Crippen LogP contribution in [0.4, 0.5) is 0 Å². The maximum Gasteiger partial charge on any atom is 0.130 e. The maximum atomic E-state index is 11.1. The Morgan fingerprint density at radius 2 is 1.83 bits per heavy atom. The fourth-order valence-electron chi connectivity index (χ4n) is 2.28. The Labute approximate surface area is 74.9 Å². The first-order valence-corrected chi connectivity index (χ1v) is 4.72. The number of allylic oxidation sites excluding steroid dienone is 1. The number of ketones is 1. The summed E-state index contributed by atoms with van der Waals surface area (Å²) >= 11 is 0. The molecule has 0 aliphatic heterocycles. The summed E-state index contributed by atoms with van der Waals surface area (Å²) in [7, 11) is 0. The Balaban J connectivity index is 2.72. The van der Waals surface area contributed by atoms with Gasteiger partial charge in [0.15, 0.2) is 0 Å². The molecule has 0 unspecified atom stereocenters. The summed E-state index contributed by atoms with van der Waals surface area (Å²) in [4.78, 5) is 11.1.